The Hall–Kier alpha value is -1.69. The van der Waals surface area contributed by atoms with E-state index in [4.69, 9.17) is 4.42 Å². The van der Waals surface area contributed by atoms with Crippen molar-refractivity contribution in [2.24, 2.45) is 11.8 Å². The van der Waals surface area contributed by atoms with Crippen LogP contribution in [0.2, 0.25) is 0 Å². The van der Waals surface area contributed by atoms with Crippen molar-refractivity contribution in [1.82, 2.24) is 25.3 Å². The van der Waals surface area contributed by atoms with Gasteiger partial charge in [0.25, 0.3) is 0 Å². The van der Waals surface area contributed by atoms with E-state index in [1.54, 1.807) is 0 Å². The molecule has 0 unspecified atom stereocenters. The van der Waals surface area contributed by atoms with Gasteiger partial charge in [0, 0.05) is 38.7 Å². The minimum absolute atomic E-state index is 0.589. The van der Waals surface area contributed by atoms with Gasteiger partial charge in [0.1, 0.15) is 0 Å². The number of aromatic nitrogens is 4. The van der Waals surface area contributed by atoms with Gasteiger partial charge in [-0.2, -0.15) is 5.10 Å². The standard InChI is InChI=1S/C18H27N5O/c1-13-21-22-18(24-13)10-15-5-6-16(9-15)19-11-17-7-8-20-23(17)12-14-3-2-4-14/h7-8,14-16,19H,2-6,9-12H2,1H3/t15-,16+/m1/s1. The van der Waals surface area contributed by atoms with Crippen molar-refractivity contribution >= 4 is 0 Å². The van der Waals surface area contributed by atoms with Gasteiger partial charge in [0.05, 0.1) is 5.69 Å². The second-order valence-electron chi connectivity index (χ2n) is 7.48. The lowest BCUT2D eigenvalue weighted by Crippen LogP contribution is -2.28. The SMILES string of the molecule is Cc1nnc(C[C@@H]2CC[C@H](NCc3ccnn3CC3CCC3)C2)o1. The van der Waals surface area contributed by atoms with Crippen LogP contribution in [0.25, 0.3) is 0 Å². The summed E-state index contributed by atoms with van der Waals surface area (Å²) in [6, 6.07) is 2.74. The fraction of sp³-hybridized carbons (Fsp3) is 0.722. The van der Waals surface area contributed by atoms with Gasteiger partial charge in [0.15, 0.2) is 0 Å². The maximum Gasteiger partial charge on any atom is 0.216 e. The molecule has 4 rings (SSSR count). The van der Waals surface area contributed by atoms with Gasteiger partial charge in [-0.25, -0.2) is 0 Å². The fourth-order valence-electron chi connectivity index (χ4n) is 3.96. The number of rotatable bonds is 7. The van der Waals surface area contributed by atoms with Crippen LogP contribution < -0.4 is 5.32 Å². The molecule has 2 aromatic heterocycles. The molecule has 2 aliphatic carbocycles. The monoisotopic (exact) mass is 329 g/mol. The quantitative estimate of drug-likeness (QED) is 0.846. The van der Waals surface area contributed by atoms with Crippen LogP contribution in [0.3, 0.4) is 0 Å². The van der Waals surface area contributed by atoms with E-state index in [1.165, 1.54) is 44.2 Å². The average Bonchev–Trinajstić information content (AvgIpc) is 3.23. The molecule has 2 saturated carbocycles. The zero-order chi connectivity index (χ0) is 16.4. The summed E-state index contributed by atoms with van der Waals surface area (Å²) >= 11 is 0. The van der Waals surface area contributed by atoms with Crippen molar-refractivity contribution in [1.29, 1.82) is 0 Å². The Kier molecular flexibility index (Phi) is 4.65. The molecular weight excluding hydrogens is 302 g/mol. The summed E-state index contributed by atoms with van der Waals surface area (Å²) in [5, 5.41) is 16.3. The highest BCUT2D eigenvalue weighted by Gasteiger charge is 2.26. The molecule has 0 aliphatic heterocycles. The first-order valence-corrected chi connectivity index (χ1v) is 9.29. The molecule has 2 aromatic rings. The van der Waals surface area contributed by atoms with Crippen LogP contribution in [0.1, 0.15) is 56.0 Å². The largest absolute Gasteiger partial charge is 0.426 e. The number of nitrogens with zero attached hydrogens (tertiary/aromatic N) is 4. The maximum atomic E-state index is 5.51. The predicted molar refractivity (Wildman–Crippen MR) is 90.3 cm³/mol. The Labute approximate surface area is 143 Å². The van der Waals surface area contributed by atoms with Gasteiger partial charge >= 0.3 is 0 Å². The third-order valence-electron chi connectivity index (χ3n) is 5.60. The average molecular weight is 329 g/mol. The second-order valence-corrected chi connectivity index (χ2v) is 7.48. The third kappa shape index (κ3) is 3.69. The number of hydrogen-bond acceptors (Lipinski definition) is 5. The van der Waals surface area contributed by atoms with Crippen molar-refractivity contribution in [2.75, 3.05) is 0 Å². The van der Waals surface area contributed by atoms with E-state index in [9.17, 15) is 0 Å². The molecule has 2 fully saturated rings. The molecule has 130 valence electrons. The van der Waals surface area contributed by atoms with Crippen molar-refractivity contribution in [2.45, 2.75) is 71.0 Å². The minimum Gasteiger partial charge on any atom is -0.426 e. The molecule has 24 heavy (non-hydrogen) atoms. The Bertz CT molecular complexity index is 660. The lowest BCUT2D eigenvalue weighted by atomic mass is 9.85. The van der Waals surface area contributed by atoms with E-state index in [2.05, 4.69) is 31.4 Å². The summed E-state index contributed by atoms with van der Waals surface area (Å²) in [5.41, 5.74) is 1.32. The van der Waals surface area contributed by atoms with E-state index in [1.807, 2.05) is 13.1 Å². The van der Waals surface area contributed by atoms with Crippen LogP contribution in [0.5, 0.6) is 0 Å². The number of nitrogens with one attached hydrogen (secondary N) is 1. The van der Waals surface area contributed by atoms with Gasteiger partial charge < -0.3 is 9.73 Å². The van der Waals surface area contributed by atoms with E-state index in [0.717, 1.165) is 31.3 Å². The fourth-order valence-corrected chi connectivity index (χ4v) is 3.96. The Morgan fingerprint density at radius 1 is 1.21 bits per heavy atom. The molecule has 6 nitrogen and oxygen atoms in total. The van der Waals surface area contributed by atoms with Crippen molar-refractivity contribution in [3.63, 3.8) is 0 Å². The highest BCUT2D eigenvalue weighted by molar-refractivity contribution is 5.01. The van der Waals surface area contributed by atoms with Gasteiger partial charge in [-0.05, 0) is 50.0 Å². The molecule has 2 heterocycles. The van der Waals surface area contributed by atoms with Gasteiger partial charge in [-0.15, -0.1) is 10.2 Å². The zero-order valence-corrected chi connectivity index (χ0v) is 14.4. The summed E-state index contributed by atoms with van der Waals surface area (Å²) in [5.74, 6) is 2.95. The second kappa shape index (κ2) is 7.05. The summed E-state index contributed by atoms with van der Waals surface area (Å²) < 4.78 is 7.71. The Morgan fingerprint density at radius 3 is 2.88 bits per heavy atom. The van der Waals surface area contributed by atoms with Crippen LogP contribution in [-0.2, 0) is 19.5 Å². The van der Waals surface area contributed by atoms with Gasteiger partial charge in [-0.3, -0.25) is 4.68 Å². The van der Waals surface area contributed by atoms with E-state index >= 15 is 0 Å². The molecule has 1 N–H and O–H groups in total. The van der Waals surface area contributed by atoms with E-state index < -0.39 is 0 Å². The molecular formula is C18H27N5O. The van der Waals surface area contributed by atoms with Crippen molar-refractivity contribution in [3.05, 3.63) is 29.7 Å². The molecule has 2 aliphatic rings. The number of hydrogen-bond donors (Lipinski definition) is 1. The van der Waals surface area contributed by atoms with E-state index in [0.29, 0.717) is 17.9 Å². The van der Waals surface area contributed by atoms with Gasteiger partial charge in [-0.1, -0.05) is 6.42 Å². The topological polar surface area (TPSA) is 68.8 Å². The Balaban J connectivity index is 1.24. The summed E-state index contributed by atoms with van der Waals surface area (Å²) in [6.45, 7) is 3.86. The van der Waals surface area contributed by atoms with Crippen LogP contribution in [0.15, 0.2) is 16.7 Å². The lowest BCUT2D eigenvalue weighted by molar-refractivity contribution is 0.262. The minimum atomic E-state index is 0.589. The maximum absolute atomic E-state index is 5.51. The first-order chi connectivity index (χ1) is 11.8. The summed E-state index contributed by atoms with van der Waals surface area (Å²) in [7, 11) is 0. The molecule has 0 bridgehead atoms. The molecule has 0 amide bonds. The highest BCUT2D eigenvalue weighted by Crippen LogP contribution is 2.29. The normalized spacial score (nSPS) is 24.4. The van der Waals surface area contributed by atoms with Crippen LogP contribution in [0.4, 0.5) is 0 Å². The van der Waals surface area contributed by atoms with Gasteiger partial charge in [0.2, 0.25) is 11.8 Å². The lowest BCUT2D eigenvalue weighted by Gasteiger charge is -2.26. The van der Waals surface area contributed by atoms with Crippen LogP contribution >= 0.6 is 0 Å². The van der Waals surface area contributed by atoms with E-state index in [-0.39, 0.29) is 0 Å². The molecule has 0 spiro atoms. The number of aryl methyl sites for hydroxylation is 1. The smallest absolute Gasteiger partial charge is 0.216 e. The van der Waals surface area contributed by atoms with Crippen LogP contribution in [0, 0.1) is 18.8 Å². The predicted octanol–water partition coefficient (Wildman–Crippen LogP) is 2.88. The van der Waals surface area contributed by atoms with Crippen LogP contribution in [-0.4, -0.2) is 26.0 Å². The highest BCUT2D eigenvalue weighted by atomic mass is 16.4. The van der Waals surface area contributed by atoms with Crippen molar-refractivity contribution in [3.8, 4) is 0 Å². The molecule has 2 atom stereocenters. The first-order valence-electron chi connectivity index (χ1n) is 9.29. The molecule has 0 aromatic carbocycles. The summed E-state index contributed by atoms with van der Waals surface area (Å²) in [6.07, 6.45) is 10.6. The third-order valence-corrected chi connectivity index (χ3v) is 5.60. The Morgan fingerprint density at radius 2 is 2.12 bits per heavy atom. The summed E-state index contributed by atoms with van der Waals surface area (Å²) in [4.78, 5) is 0. The van der Waals surface area contributed by atoms with Crippen molar-refractivity contribution < 1.29 is 4.42 Å². The molecule has 6 heteroatoms. The molecule has 0 saturated heterocycles. The zero-order valence-electron chi connectivity index (χ0n) is 14.4. The molecule has 0 radical (unpaired) electrons. The first kappa shape index (κ1) is 15.8.